The molecule has 31 heavy (non-hydrogen) atoms. The highest BCUT2D eigenvalue weighted by Crippen LogP contribution is 2.29. The van der Waals surface area contributed by atoms with Gasteiger partial charge in [0.2, 0.25) is 0 Å². The molecule has 10 heteroatoms. The van der Waals surface area contributed by atoms with Gasteiger partial charge in [-0.1, -0.05) is 6.07 Å². The Morgan fingerprint density at radius 3 is 2.61 bits per heavy atom. The molecule has 1 amide bonds. The second-order valence-electron chi connectivity index (χ2n) is 7.35. The number of amides is 1. The van der Waals surface area contributed by atoms with Gasteiger partial charge in [-0.25, -0.2) is 4.99 Å². The van der Waals surface area contributed by atoms with Crippen molar-refractivity contribution in [3.8, 4) is 11.5 Å². The predicted molar refractivity (Wildman–Crippen MR) is 112 cm³/mol. The highest BCUT2D eigenvalue weighted by atomic mass is 19.3. The summed E-state index contributed by atoms with van der Waals surface area (Å²) in [5.41, 5.74) is 0.721. The van der Waals surface area contributed by atoms with Crippen molar-refractivity contribution in [2.24, 2.45) is 4.99 Å². The van der Waals surface area contributed by atoms with Crippen molar-refractivity contribution in [2.45, 2.75) is 39.0 Å². The number of aliphatic imine (C=N–C) groups is 1. The van der Waals surface area contributed by atoms with Crippen LogP contribution in [0.3, 0.4) is 0 Å². The topological polar surface area (TPSA) is 75.6 Å². The number of hydrogen-bond donors (Lipinski definition) is 1. The summed E-state index contributed by atoms with van der Waals surface area (Å²) in [6, 6.07) is 4.86. The molecule has 2 aliphatic rings. The maximum atomic E-state index is 12.7. The SMILES string of the molecule is CCNC(=NCc1ccc(OC)c(OC(F)F)c1)N1CCN(C(=O)C2CCCO2)CC1. The van der Waals surface area contributed by atoms with E-state index in [1.165, 1.54) is 13.2 Å². The van der Waals surface area contributed by atoms with Crippen molar-refractivity contribution in [1.82, 2.24) is 15.1 Å². The number of methoxy groups -OCH3 is 1. The van der Waals surface area contributed by atoms with E-state index in [1.54, 1.807) is 12.1 Å². The van der Waals surface area contributed by atoms with Crippen LogP contribution in [0.15, 0.2) is 23.2 Å². The van der Waals surface area contributed by atoms with Gasteiger partial charge in [0.05, 0.1) is 13.7 Å². The largest absolute Gasteiger partial charge is 0.493 e. The molecule has 1 N–H and O–H groups in total. The first-order valence-electron chi connectivity index (χ1n) is 10.6. The summed E-state index contributed by atoms with van der Waals surface area (Å²) in [6.07, 6.45) is 1.43. The van der Waals surface area contributed by atoms with Crippen LogP contribution in [0, 0.1) is 0 Å². The first-order chi connectivity index (χ1) is 15.0. The Morgan fingerprint density at radius 2 is 2.00 bits per heavy atom. The van der Waals surface area contributed by atoms with Crippen molar-refractivity contribution in [1.29, 1.82) is 0 Å². The number of ether oxygens (including phenoxy) is 3. The standard InChI is InChI=1S/C21H30F2N4O4/c1-3-24-21(25-14-15-6-7-16(29-2)18(13-15)31-20(22)23)27-10-8-26(9-11-27)19(28)17-5-4-12-30-17/h6-7,13,17,20H,3-5,8-12,14H2,1-2H3,(H,24,25). The molecule has 3 rings (SSSR count). The molecule has 2 aliphatic heterocycles. The normalized spacial score (nSPS) is 19.6. The number of rotatable bonds is 7. The van der Waals surface area contributed by atoms with Crippen LogP contribution >= 0.6 is 0 Å². The molecule has 1 aromatic rings. The number of guanidine groups is 1. The summed E-state index contributed by atoms with van der Waals surface area (Å²) in [4.78, 5) is 21.1. The van der Waals surface area contributed by atoms with Crippen LogP contribution < -0.4 is 14.8 Å². The zero-order valence-corrected chi connectivity index (χ0v) is 18.0. The van der Waals surface area contributed by atoms with Gasteiger partial charge in [-0.2, -0.15) is 8.78 Å². The number of piperazine rings is 1. The van der Waals surface area contributed by atoms with Crippen molar-refractivity contribution in [3.63, 3.8) is 0 Å². The molecule has 1 atom stereocenters. The van der Waals surface area contributed by atoms with E-state index in [4.69, 9.17) is 9.47 Å². The van der Waals surface area contributed by atoms with E-state index in [0.717, 1.165) is 24.4 Å². The third-order valence-corrected chi connectivity index (χ3v) is 5.29. The second kappa shape index (κ2) is 11.1. The van der Waals surface area contributed by atoms with Gasteiger partial charge in [0.25, 0.3) is 5.91 Å². The lowest BCUT2D eigenvalue weighted by Crippen LogP contribution is -2.55. The van der Waals surface area contributed by atoms with Gasteiger partial charge in [0.1, 0.15) is 6.10 Å². The summed E-state index contributed by atoms with van der Waals surface area (Å²) in [5, 5.41) is 3.26. The minimum atomic E-state index is -2.93. The minimum Gasteiger partial charge on any atom is -0.493 e. The minimum absolute atomic E-state index is 0.0172. The van der Waals surface area contributed by atoms with E-state index in [-0.39, 0.29) is 23.5 Å². The Hall–Kier alpha value is -2.62. The van der Waals surface area contributed by atoms with Crippen LogP contribution in [0.2, 0.25) is 0 Å². The molecule has 1 aromatic carbocycles. The van der Waals surface area contributed by atoms with Crippen LogP contribution in [-0.4, -0.2) is 80.8 Å². The first-order valence-corrected chi connectivity index (χ1v) is 10.6. The first kappa shape index (κ1) is 23.1. The van der Waals surface area contributed by atoms with Crippen LogP contribution in [0.4, 0.5) is 8.78 Å². The van der Waals surface area contributed by atoms with Gasteiger partial charge < -0.3 is 29.3 Å². The number of benzene rings is 1. The van der Waals surface area contributed by atoms with Crippen LogP contribution in [0.5, 0.6) is 11.5 Å². The average molecular weight is 440 g/mol. The van der Waals surface area contributed by atoms with E-state index < -0.39 is 6.61 Å². The molecule has 0 aliphatic carbocycles. The number of nitrogens with zero attached hydrogens (tertiary/aromatic N) is 3. The Balaban J connectivity index is 1.62. The van der Waals surface area contributed by atoms with E-state index in [9.17, 15) is 13.6 Å². The third-order valence-electron chi connectivity index (χ3n) is 5.29. The number of hydrogen-bond acceptors (Lipinski definition) is 5. The summed E-state index contributed by atoms with van der Waals surface area (Å²) in [6.45, 7) is 3.23. The highest BCUT2D eigenvalue weighted by molar-refractivity contribution is 5.82. The lowest BCUT2D eigenvalue weighted by atomic mass is 10.2. The highest BCUT2D eigenvalue weighted by Gasteiger charge is 2.30. The fraction of sp³-hybridized carbons (Fsp3) is 0.619. The number of nitrogens with one attached hydrogen (secondary N) is 1. The van der Waals surface area contributed by atoms with E-state index in [1.807, 2.05) is 11.8 Å². The molecular formula is C21H30F2N4O4. The number of carbonyl (C=O) groups excluding carboxylic acids is 1. The van der Waals surface area contributed by atoms with Gasteiger partial charge in [0, 0.05) is 39.3 Å². The summed E-state index contributed by atoms with van der Waals surface area (Å²) in [5.74, 6) is 1.02. The molecule has 0 bridgehead atoms. The van der Waals surface area contributed by atoms with Gasteiger partial charge in [-0.05, 0) is 37.5 Å². The number of alkyl halides is 2. The quantitative estimate of drug-likeness (QED) is 0.517. The molecule has 2 saturated heterocycles. The second-order valence-corrected chi connectivity index (χ2v) is 7.35. The van der Waals surface area contributed by atoms with Gasteiger partial charge in [0.15, 0.2) is 17.5 Å². The molecule has 0 saturated carbocycles. The lowest BCUT2D eigenvalue weighted by molar-refractivity contribution is -0.142. The molecule has 0 aromatic heterocycles. The Kier molecular flexibility index (Phi) is 8.27. The number of halogens is 2. The van der Waals surface area contributed by atoms with Gasteiger partial charge in [-0.15, -0.1) is 0 Å². The average Bonchev–Trinajstić information content (AvgIpc) is 3.31. The zero-order valence-electron chi connectivity index (χ0n) is 18.0. The molecule has 2 fully saturated rings. The molecule has 2 heterocycles. The lowest BCUT2D eigenvalue weighted by Gasteiger charge is -2.37. The summed E-state index contributed by atoms with van der Waals surface area (Å²) < 4.78 is 40.4. The van der Waals surface area contributed by atoms with Crippen LogP contribution in [0.25, 0.3) is 0 Å². The molecule has 8 nitrogen and oxygen atoms in total. The summed E-state index contributed by atoms with van der Waals surface area (Å²) in [7, 11) is 1.40. The van der Waals surface area contributed by atoms with Crippen molar-refractivity contribution in [3.05, 3.63) is 23.8 Å². The fourth-order valence-electron chi connectivity index (χ4n) is 3.71. The van der Waals surface area contributed by atoms with Crippen molar-refractivity contribution < 1.29 is 27.8 Å². The van der Waals surface area contributed by atoms with Gasteiger partial charge >= 0.3 is 6.61 Å². The molecule has 1 unspecified atom stereocenters. The van der Waals surface area contributed by atoms with Crippen LogP contribution in [-0.2, 0) is 16.1 Å². The maximum absolute atomic E-state index is 12.7. The Bertz CT molecular complexity index is 764. The third kappa shape index (κ3) is 6.19. The molecule has 172 valence electrons. The molecule has 0 radical (unpaired) electrons. The Morgan fingerprint density at radius 1 is 1.26 bits per heavy atom. The maximum Gasteiger partial charge on any atom is 0.387 e. The van der Waals surface area contributed by atoms with E-state index >= 15 is 0 Å². The zero-order chi connectivity index (χ0) is 22.2. The molecule has 0 spiro atoms. The Labute approximate surface area is 181 Å². The number of carbonyl (C=O) groups is 1. The van der Waals surface area contributed by atoms with E-state index in [0.29, 0.717) is 45.9 Å². The monoisotopic (exact) mass is 440 g/mol. The van der Waals surface area contributed by atoms with Gasteiger partial charge in [-0.3, -0.25) is 4.79 Å². The smallest absolute Gasteiger partial charge is 0.387 e. The van der Waals surface area contributed by atoms with Crippen LogP contribution in [0.1, 0.15) is 25.3 Å². The molecular weight excluding hydrogens is 410 g/mol. The predicted octanol–water partition coefficient (Wildman–Crippen LogP) is 2.09. The van der Waals surface area contributed by atoms with Crippen molar-refractivity contribution >= 4 is 11.9 Å². The fourth-order valence-corrected chi connectivity index (χ4v) is 3.71. The van der Waals surface area contributed by atoms with Crippen molar-refractivity contribution in [2.75, 3.05) is 46.4 Å². The van der Waals surface area contributed by atoms with E-state index in [2.05, 4.69) is 19.9 Å². The summed E-state index contributed by atoms with van der Waals surface area (Å²) >= 11 is 0.